The molecule has 4 nitrogen and oxygen atoms in total. The van der Waals surface area contributed by atoms with E-state index in [-0.39, 0.29) is 0 Å². The molecule has 0 aromatic rings. The van der Waals surface area contributed by atoms with Crippen molar-refractivity contribution in [3.63, 3.8) is 0 Å². The van der Waals surface area contributed by atoms with Gasteiger partial charge in [0.2, 0.25) is 0 Å². The number of alkyl halides is 3. The van der Waals surface area contributed by atoms with Crippen LogP contribution in [-0.2, 0) is 10.1 Å². The summed E-state index contributed by atoms with van der Waals surface area (Å²) < 4.78 is 58.9. The summed E-state index contributed by atoms with van der Waals surface area (Å²) in [5.41, 5.74) is -5.65. The lowest BCUT2D eigenvalue weighted by molar-refractivity contribution is -0.0517. The van der Waals surface area contributed by atoms with Crippen molar-refractivity contribution in [3.05, 3.63) is 0 Å². The summed E-state index contributed by atoms with van der Waals surface area (Å²) >= 11 is 0. The molecule has 0 atom stereocenters. The lowest BCUT2D eigenvalue weighted by Gasteiger charge is -2.08. The van der Waals surface area contributed by atoms with Gasteiger partial charge in [0.05, 0.1) is 0 Å². The van der Waals surface area contributed by atoms with Crippen LogP contribution in [0.3, 0.4) is 0 Å². The second kappa shape index (κ2) is 5.64. The highest BCUT2D eigenvalue weighted by atomic mass is 32.2. The molecule has 0 aliphatic heterocycles. The van der Waals surface area contributed by atoms with E-state index in [1.54, 1.807) is 0 Å². The van der Waals surface area contributed by atoms with Gasteiger partial charge in [-0.15, -0.1) is 0 Å². The maximum atomic E-state index is 10.7. The van der Waals surface area contributed by atoms with Crippen molar-refractivity contribution in [1.82, 2.24) is 0 Å². The zero-order valence-electron chi connectivity index (χ0n) is 8.37. The third-order valence-electron chi connectivity index (χ3n) is 0.829. The standard InChI is InChI=1S/C5H11NP.CHF3O3S/c1-7(2,3)5-4-6;2-1(3,4)8(5,6)7/h5H2,1-3H3;(H,5,6,7)/q+1;/p-1. The Bertz CT molecular complexity index is 325. The molecule has 15 heavy (non-hydrogen) atoms. The second-order valence-electron chi connectivity index (χ2n) is 3.51. The van der Waals surface area contributed by atoms with E-state index in [1.165, 1.54) is 0 Å². The summed E-state index contributed by atoms with van der Waals surface area (Å²) in [5, 5.41) is 8.18. The van der Waals surface area contributed by atoms with E-state index in [0.717, 1.165) is 6.16 Å². The highest BCUT2D eigenvalue weighted by molar-refractivity contribution is 7.86. The van der Waals surface area contributed by atoms with Crippen LogP contribution >= 0.6 is 7.26 Å². The molecule has 0 spiro atoms. The second-order valence-corrected chi connectivity index (χ2v) is 9.77. The third-order valence-corrected chi connectivity index (χ3v) is 2.49. The number of nitriles is 1. The quantitative estimate of drug-likeness (QED) is 0.408. The van der Waals surface area contributed by atoms with Crippen molar-refractivity contribution in [1.29, 1.82) is 5.26 Å². The van der Waals surface area contributed by atoms with Gasteiger partial charge in [-0.2, -0.15) is 18.4 Å². The Balaban J connectivity index is 0. The molecule has 0 radical (unpaired) electrons. The Morgan fingerprint density at radius 3 is 1.60 bits per heavy atom. The number of nitrogens with zero attached hydrogens (tertiary/aromatic N) is 1. The average molecular weight is 265 g/mol. The van der Waals surface area contributed by atoms with E-state index in [9.17, 15) is 13.2 Å². The zero-order chi connectivity index (χ0) is 12.9. The molecular formula is C6H11F3NO3PS. The Hall–Kier alpha value is -0.380. The van der Waals surface area contributed by atoms with Crippen LogP contribution < -0.4 is 0 Å². The lowest BCUT2D eigenvalue weighted by Crippen LogP contribution is -2.21. The third kappa shape index (κ3) is 11.5. The maximum absolute atomic E-state index is 10.7. The molecule has 0 aliphatic rings. The van der Waals surface area contributed by atoms with Crippen LogP contribution in [0.15, 0.2) is 0 Å². The molecule has 0 bridgehead atoms. The minimum absolute atomic E-state index is 0.757. The molecule has 0 N–H and O–H groups in total. The van der Waals surface area contributed by atoms with Gasteiger partial charge in [0.1, 0.15) is 12.2 Å². The van der Waals surface area contributed by atoms with Gasteiger partial charge in [0, 0.05) is 27.3 Å². The molecule has 0 fully saturated rings. The van der Waals surface area contributed by atoms with Crippen LogP contribution in [-0.4, -0.2) is 44.6 Å². The van der Waals surface area contributed by atoms with Crippen LogP contribution in [0.4, 0.5) is 13.2 Å². The van der Waals surface area contributed by atoms with Gasteiger partial charge in [-0.3, -0.25) is 0 Å². The molecular weight excluding hydrogens is 254 g/mol. The summed E-state index contributed by atoms with van der Waals surface area (Å²) in [7, 11) is -6.87. The van der Waals surface area contributed by atoms with Gasteiger partial charge >= 0.3 is 5.51 Å². The van der Waals surface area contributed by atoms with Gasteiger partial charge < -0.3 is 4.55 Å². The number of rotatable bonds is 1. The summed E-state index contributed by atoms with van der Waals surface area (Å²) in [6.07, 6.45) is 0.757. The summed E-state index contributed by atoms with van der Waals surface area (Å²) in [4.78, 5) is 0. The van der Waals surface area contributed by atoms with Gasteiger partial charge in [-0.25, -0.2) is 8.42 Å². The Kier molecular flexibility index (Phi) is 6.40. The molecule has 0 amide bonds. The van der Waals surface area contributed by atoms with Crippen LogP contribution in [0.2, 0.25) is 0 Å². The lowest BCUT2D eigenvalue weighted by atomic mass is 10.9. The van der Waals surface area contributed by atoms with Crippen LogP contribution in [0.5, 0.6) is 0 Å². The van der Waals surface area contributed by atoms with Crippen LogP contribution in [0.1, 0.15) is 0 Å². The summed E-state index contributed by atoms with van der Waals surface area (Å²) in [5.74, 6) is 0. The fraction of sp³-hybridized carbons (Fsp3) is 0.833. The monoisotopic (exact) mass is 265 g/mol. The predicted octanol–water partition coefficient (Wildman–Crippen LogP) is 1.47. The smallest absolute Gasteiger partial charge is 0.485 e. The van der Waals surface area contributed by atoms with Crippen molar-refractivity contribution in [2.45, 2.75) is 5.51 Å². The Morgan fingerprint density at radius 1 is 1.33 bits per heavy atom. The van der Waals surface area contributed by atoms with Gasteiger partial charge in [0.25, 0.3) is 0 Å². The topological polar surface area (TPSA) is 81.0 Å². The number of halogens is 3. The largest absolute Gasteiger partial charge is 0.741 e. The molecule has 90 valence electrons. The minimum atomic E-state index is -6.09. The molecule has 0 saturated heterocycles. The van der Waals surface area contributed by atoms with Crippen molar-refractivity contribution >= 4 is 17.4 Å². The molecule has 0 rings (SSSR count). The fourth-order valence-corrected chi connectivity index (χ4v) is 0.636. The Morgan fingerprint density at radius 2 is 1.60 bits per heavy atom. The van der Waals surface area contributed by atoms with E-state index in [4.69, 9.17) is 18.2 Å². The van der Waals surface area contributed by atoms with E-state index < -0.39 is 22.9 Å². The molecule has 0 saturated carbocycles. The normalized spacial score (nSPS) is 12.4. The van der Waals surface area contributed by atoms with Crippen molar-refractivity contribution in [2.75, 3.05) is 26.2 Å². The zero-order valence-corrected chi connectivity index (χ0v) is 10.1. The Labute approximate surface area is 87.2 Å². The van der Waals surface area contributed by atoms with Crippen molar-refractivity contribution < 1.29 is 26.1 Å². The average Bonchev–Trinajstić information content (AvgIpc) is 1.79. The number of hydrogen-bond donors (Lipinski definition) is 0. The first-order valence-corrected chi connectivity index (χ1v) is 8.23. The molecule has 0 aliphatic carbocycles. The van der Waals surface area contributed by atoms with E-state index >= 15 is 0 Å². The molecule has 9 heteroatoms. The summed E-state index contributed by atoms with van der Waals surface area (Å²) in [6.45, 7) is 6.49. The molecule has 0 aromatic carbocycles. The minimum Gasteiger partial charge on any atom is -0.741 e. The van der Waals surface area contributed by atoms with Gasteiger partial charge in [0.15, 0.2) is 10.1 Å². The van der Waals surface area contributed by atoms with Crippen molar-refractivity contribution in [3.8, 4) is 6.07 Å². The van der Waals surface area contributed by atoms with Crippen molar-refractivity contribution in [2.24, 2.45) is 0 Å². The fourth-order valence-electron chi connectivity index (χ4n) is 0.212. The summed E-state index contributed by atoms with van der Waals surface area (Å²) in [6, 6.07) is 2.16. The molecule has 0 heterocycles. The van der Waals surface area contributed by atoms with Gasteiger partial charge in [-0.05, 0) is 0 Å². The highest BCUT2D eigenvalue weighted by Gasteiger charge is 2.36. The van der Waals surface area contributed by atoms with E-state index in [1.807, 2.05) is 0 Å². The predicted molar refractivity (Wildman–Crippen MR) is 50.9 cm³/mol. The maximum Gasteiger partial charge on any atom is 0.485 e. The van der Waals surface area contributed by atoms with E-state index in [0.29, 0.717) is 0 Å². The number of hydrogen-bond acceptors (Lipinski definition) is 4. The first-order valence-electron chi connectivity index (χ1n) is 3.51. The SMILES string of the molecule is C[P+](C)(C)CC#N.O=S(=O)([O-])C(F)(F)F. The first-order chi connectivity index (χ1) is 6.31. The molecule has 0 aromatic heterocycles. The highest BCUT2D eigenvalue weighted by Crippen LogP contribution is 2.45. The van der Waals surface area contributed by atoms with Crippen LogP contribution in [0, 0.1) is 11.3 Å². The first kappa shape index (κ1) is 17.0. The van der Waals surface area contributed by atoms with Crippen LogP contribution in [0.25, 0.3) is 0 Å². The van der Waals surface area contributed by atoms with E-state index in [2.05, 4.69) is 26.1 Å². The molecule has 0 unspecified atom stereocenters. The van der Waals surface area contributed by atoms with Gasteiger partial charge in [-0.1, -0.05) is 0 Å².